The lowest BCUT2D eigenvalue weighted by Gasteiger charge is -2.06. The second kappa shape index (κ2) is 5.86. The molecular formula is C18H18N2S. The van der Waals surface area contributed by atoms with E-state index in [0.717, 1.165) is 28.6 Å². The molecule has 3 heteroatoms. The summed E-state index contributed by atoms with van der Waals surface area (Å²) in [5.41, 5.74) is 6.68. The largest absolute Gasteiger partial charge is 0.250 e. The molecule has 0 unspecified atom stereocenters. The third-order valence-electron chi connectivity index (χ3n) is 3.57. The van der Waals surface area contributed by atoms with Crippen LogP contribution in [-0.4, -0.2) is 17.0 Å². The number of fused-ring (bicyclic) bond motifs is 1. The summed E-state index contributed by atoms with van der Waals surface area (Å²) >= 11 is 1.70. The Balaban J connectivity index is 2.11. The molecule has 1 aliphatic rings. The molecule has 2 aromatic rings. The number of aliphatic imine (C=N–C) groups is 2. The second-order valence-electron chi connectivity index (χ2n) is 5.30. The minimum Gasteiger partial charge on any atom is -0.250 e. The van der Waals surface area contributed by atoms with E-state index in [4.69, 9.17) is 9.98 Å². The third-order valence-corrected chi connectivity index (χ3v) is 4.28. The zero-order chi connectivity index (χ0) is 14.8. The molecule has 1 aliphatic heterocycles. The Bertz CT molecular complexity index is 727. The van der Waals surface area contributed by atoms with Gasteiger partial charge < -0.3 is 0 Å². The van der Waals surface area contributed by atoms with Crippen molar-refractivity contribution in [2.45, 2.75) is 20.3 Å². The number of hydrogen-bond acceptors (Lipinski definition) is 3. The topological polar surface area (TPSA) is 24.7 Å². The van der Waals surface area contributed by atoms with Crippen LogP contribution in [-0.2, 0) is 0 Å². The quantitative estimate of drug-likeness (QED) is 0.707. The molecule has 106 valence electrons. The lowest BCUT2D eigenvalue weighted by atomic mass is 10.1. The molecule has 0 aliphatic carbocycles. The minimum absolute atomic E-state index is 0.790. The Hall–Kier alpha value is -1.87. The Morgan fingerprint density at radius 1 is 0.857 bits per heavy atom. The van der Waals surface area contributed by atoms with Gasteiger partial charge in [-0.25, -0.2) is 4.99 Å². The maximum absolute atomic E-state index is 4.87. The normalized spacial score (nSPS) is 14.0. The fourth-order valence-corrected chi connectivity index (χ4v) is 2.82. The van der Waals surface area contributed by atoms with E-state index in [1.54, 1.807) is 11.8 Å². The summed E-state index contributed by atoms with van der Waals surface area (Å²) in [5.74, 6) is 0. The van der Waals surface area contributed by atoms with Gasteiger partial charge in [0.1, 0.15) is 0 Å². The zero-order valence-corrected chi connectivity index (χ0v) is 13.4. The summed E-state index contributed by atoms with van der Waals surface area (Å²) in [4.78, 5) is 9.64. The van der Waals surface area contributed by atoms with Crippen LogP contribution in [0, 0.1) is 13.8 Å². The highest BCUT2D eigenvalue weighted by Crippen LogP contribution is 2.34. The number of hydrogen-bond donors (Lipinski definition) is 0. The van der Waals surface area contributed by atoms with E-state index in [1.165, 1.54) is 16.7 Å². The first kappa shape index (κ1) is 14.1. The van der Waals surface area contributed by atoms with Crippen LogP contribution in [0.3, 0.4) is 0 Å². The molecule has 0 saturated heterocycles. The standard InChI is InChI=1S/C18H18N2S/c1-12-4-7-14(8-5-12)16-11-18(21-3)20-17-10-13(2)6-9-15(17)19-16/h4-10H,11H2,1-3H3. The van der Waals surface area contributed by atoms with Gasteiger partial charge in [-0.2, -0.15) is 0 Å². The van der Waals surface area contributed by atoms with Gasteiger partial charge >= 0.3 is 0 Å². The van der Waals surface area contributed by atoms with Crippen molar-refractivity contribution < 1.29 is 0 Å². The van der Waals surface area contributed by atoms with Crippen molar-refractivity contribution in [3.63, 3.8) is 0 Å². The van der Waals surface area contributed by atoms with Gasteiger partial charge in [0.25, 0.3) is 0 Å². The minimum atomic E-state index is 0.790. The molecule has 0 amide bonds. The molecule has 0 saturated carbocycles. The highest BCUT2D eigenvalue weighted by atomic mass is 32.2. The molecule has 3 rings (SSSR count). The maximum Gasteiger partial charge on any atom is 0.0898 e. The fourth-order valence-electron chi connectivity index (χ4n) is 2.35. The fraction of sp³-hybridized carbons (Fsp3) is 0.222. The molecular weight excluding hydrogens is 276 g/mol. The SMILES string of the molecule is CSC1=Nc2cc(C)ccc2N=C(c2ccc(C)cc2)C1. The molecule has 0 atom stereocenters. The summed E-state index contributed by atoms with van der Waals surface area (Å²) in [6, 6.07) is 14.8. The van der Waals surface area contributed by atoms with E-state index in [9.17, 15) is 0 Å². The van der Waals surface area contributed by atoms with Crippen molar-refractivity contribution in [1.29, 1.82) is 0 Å². The van der Waals surface area contributed by atoms with Crippen LogP contribution in [0.4, 0.5) is 11.4 Å². The molecule has 1 heterocycles. The van der Waals surface area contributed by atoms with Crippen molar-refractivity contribution in [3.05, 3.63) is 59.2 Å². The summed E-state index contributed by atoms with van der Waals surface area (Å²) < 4.78 is 0. The Labute approximate surface area is 130 Å². The van der Waals surface area contributed by atoms with Crippen molar-refractivity contribution >= 4 is 33.9 Å². The molecule has 2 nitrogen and oxygen atoms in total. The average molecular weight is 294 g/mol. The monoisotopic (exact) mass is 294 g/mol. The molecule has 0 fully saturated rings. The number of aryl methyl sites for hydroxylation is 2. The van der Waals surface area contributed by atoms with Gasteiger partial charge in [0.15, 0.2) is 0 Å². The molecule has 2 aromatic carbocycles. The van der Waals surface area contributed by atoms with Gasteiger partial charge in [-0.05, 0) is 43.4 Å². The highest BCUT2D eigenvalue weighted by Gasteiger charge is 2.14. The van der Waals surface area contributed by atoms with Gasteiger partial charge in [-0.1, -0.05) is 35.9 Å². The number of nitrogens with zero attached hydrogens (tertiary/aromatic N) is 2. The van der Waals surface area contributed by atoms with Crippen molar-refractivity contribution in [2.75, 3.05) is 6.26 Å². The van der Waals surface area contributed by atoms with Crippen LogP contribution in [0.1, 0.15) is 23.1 Å². The second-order valence-corrected chi connectivity index (χ2v) is 6.18. The van der Waals surface area contributed by atoms with Gasteiger partial charge in [0.05, 0.1) is 22.1 Å². The Morgan fingerprint density at radius 2 is 1.57 bits per heavy atom. The predicted octanol–water partition coefficient (Wildman–Crippen LogP) is 5.22. The summed E-state index contributed by atoms with van der Waals surface area (Å²) in [6.45, 7) is 4.19. The molecule has 0 spiro atoms. The van der Waals surface area contributed by atoms with Crippen molar-refractivity contribution in [2.24, 2.45) is 9.98 Å². The Morgan fingerprint density at radius 3 is 2.29 bits per heavy atom. The smallest absolute Gasteiger partial charge is 0.0898 e. The van der Waals surface area contributed by atoms with Crippen LogP contribution in [0.2, 0.25) is 0 Å². The van der Waals surface area contributed by atoms with Crippen LogP contribution in [0.5, 0.6) is 0 Å². The molecule has 0 aromatic heterocycles. The van der Waals surface area contributed by atoms with E-state index < -0.39 is 0 Å². The average Bonchev–Trinajstić information content (AvgIpc) is 2.66. The van der Waals surface area contributed by atoms with Gasteiger partial charge in [0, 0.05) is 6.42 Å². The van der Waals surface area contributed by atoms with Crippen LogP contribution >= 0.6 is 11.8 Å². The molecule has 21 heavy (non-hydrogen) atoms. The van der Waals surface area contributed by atoms with Gasteiger partial charge in [0.2, 0.25) is 0 Å². The van der Waals surface area contributed by atoms with E-state index in [2.05, 4.69) is 62.6 Å². The number of benzene rings is 2. The van der Waals surface area contributed by atoms with E-state index in [1.807, 2.05) is 0 Å². The van der Waals surface area contributed by atoms with Crippen molar-refractivity contribution in [1.82, 2.24) is 0 Å². The summed E-state index contributed by atoms with van der Waals surface area (Å²) in [5, 5.41) is 1.11. The summed E-state index contributed by atoms with van der Waals surface area (Å²) in [6.07, 6.45) is 2.87. The first-order valence-electron chi connectivity index (χ1n) is 7.02. The lowest BCUT2D eigenvalue weighted by molar-refractivity contribution is 1.39. The highest BCUT2D eigenvalue weighted by molar-refractivity contribution is 8.13. The van der Waals surface area contributed by atoms with Gasteiger partial charge in [-0.15, -0.1) is 11.8 Å². The molecule has 0 bridgehead atoms. The first-order chi connectivity index (χ1) is 10.2. The van der Waals surface area contributed by atoms with E-state index >= 15 is 0 Å². The third kappa shape index (κ3) is 3.08. The Kier molecular flexibility index (Phi) is 3.93. The maximum atomic E-state index is 4.87. The van der Waals surface area contributed by atoms with Crippen LogP contribution in [0.25, 0.3) is 0 Å². The van der Waals surface area contributed by atoms with E-state index in [0.29, 0.717) is 0 Å². The first-order valence-corrected chi connectivity index (χ1v) is 8.25. The summed E-state index contributed by atoms with van der Waals surface area (Å²) in [7, 11) is 0. The molecule has 0 N–H and O–H groups in total. The van der Waals surface area contributed by atoms with Gasteiger partial charge in [-0.3, -0.25) is 4.99 Å². The van der Waals surface area contributed by atoms with E-state index in [-0.39, 0.29) is 0 Å². The lowest BCUT2D eigenvalue weighted by Crippen LogP contribution is -2.05. The van der Waals surface area contributed by atoms with Crippen LogP contribution < -0.4 is 0 Å². The zero-order valence-electron chi connectivity index (χ0n) is 12.6. The predicted molar refractivity (Wildman–Crippen MR) is 93.8 cm³/mol. The molecule has 0 radical (unpaired) electrons. The van der Waals surface area contributed by atoms with Crippen LogP contribution in [0.15, 0.2) is 52.4 Å². The number of thioether (sulfide) groups is 1. The van der Waals surface area contributed by atoms with Crippen molar-refractivity contribution in [3.8, 4) is 0 Å². The number of rotatable bonds is 1.